The predicted molar refractivity (Wildman–Crippen MR) is 114 cm³/mol. The molecule has 0 radical (unpaired) electrons. The first kappa shape index (κ1) is 19.6. The summed E-state index contributed by atoms with van der Waals surface area (Å²) in [7, 11) is 0. The molecule has 2 atom stereocenters. The Morgan fingerprint density at radius 3 is 2.65 bits per heavy atom. The maximum atomic E-state index is 13.1. The molecular weight excluding hydrogens is 464 g/mol. The standard InChI is InChI=1S/C21H17BrN6O3/c1-11-7-8-13(9-12(11)2)28-20(29)17-18(21(28)30)27(26-24-17)10-16-23-19(25-31-16)14-5-3-4-6-15(14)22/h3-9,17-18H,10H2,1-2H3/t17-,18-/m0/s1. The summed E-state index contributed by atoms with van der Waals surface area (Å²) in [5.74, 6) is -0.0614. The average molecular weight is 481 g/mol. The summed E-state index contributed by atoms with van der Waals surface area (Å²) < 4.78 is 6.19. The van der Waals surface area contributed by atoms with E-state index in [-0.39, 0.29) is 24.2 Å². The predicted octanol–water partition coefficient (Wildman–Crippen LogP) is 3.61. The van der Waals surface area contributed by atoms with Gasteiger partial charge >= 0.3 is 0 Å². The first-order valence-corrected chi connectivity index (χ1v) is 10.4. The van der Waals surface area contributed by atoms with Gasteiger partial charge < -0.3 is 4.52 Å². The van der Waals surface area contributed by atoms with Gasteiger partial charge in [-0.3, -0.25) is 14.6 Å². The van der Waals surface area contributed by atoms with Gasteiger partial charge in [-0.1, -0.05) is 44.5 Å². The Bertz CT molecular complexity index is 1240. The quantitative estimate of drug-likeness (QED) is 0.528. The molecule has 2 aromatic carbocycles. The second-order valence-corrected chi connectivity index (χ2v) is 8.32. The molecule has 1 aromatic heterocycles. The molecule has 31 heavy (non-hydrogen) atoms. The van der Waals surface area contributed by atoms with E-state index in [1.165, 1.54) is 9.91 Å². The van der Waals surface area contributed by atoms with Crippen molar-refractivity contribution in [3.05, 3.63) is 64.0 Å². The van der Waals surface area contributed by atoms with Gasteiger partial charge in [-0.15, -0.1) is 0 Å². The average Bonchev–Trinajstić information content (AvgIpc) is 3.43. The first-order chi connectivity index (χ1) is 14.9. The van der Waals surface area contributed by atoms with Crippen LogP contribution >= 0.6 is 15.9 Å². The summed E-state index contributed by atoms with van der Waals surface area (Å²) in [5, 5.41) is 13.5. The molecular formula is C21H17BrN6O3. The number of aromatic nitrogens is 2. The minimum Gasteiger partial charge on any atom is -0.337 e. The van der Waals surface area contributed by atoms with Gasteiger partial charge in [-0.25, -0.2) is 4.90 Å². The molecule has 2 aliphatic heterocycles. The fourth-order valence-corrected chi connectivity index (χ4v) is 4.14. The van der Waals surface area contributed by atoms with Crippen LogP contribution in [0, 0.1) is 13.8 Å². The van der Waals surface area contributed by atoms with Crippen LogP contribution in [0.3, 0.4) is 0 Å². The minimum atomic E-state index is -0.875. The van der Waals surface area contributed by atoms with Crippen LogP contribution in [0.15, 0.2) is 61.8 Å². The number of anilines is 1. The zero-order valence-electron chi connectivity index (χ0n) is 16.7. The van der Waals surface area contributed by atoms with Crippen LogP contribution in [0.1, 0.15) is 17.0 Å². The topological polar surface area (TPSA) is 104 Å². The van der Waals surface area contributed by atoms with Crippen molar-refractivity contribution in [1.29, 1.82) is 0 Å². The maximum Gasteiger partial charge on any atom is 0.263 e. The number of aryl methyl sites for hydroxylation is 2. The molecule has 0 spiro atoms. The molecule has 0 N–H and O–H groups in total. The van der Waals surface area contributed by atoms with E-state index in [0.717, 1.165) is 21.2 Å². The lowest BCUT2D eigenvalue weighted by molar-refractivity contribution is -0.123. The van der Waals surface area contributed by atoms with E-state index in [0.29, 0.717) is 11.5 Å². The van der Waals surface area contributed by atoms with Gasteiger partial charge in [0.05, 0.1) is 5.69 Å². The molecule has 2 aliphatic rings. The Balaban J connectivity index is 1.38. The molecule has 10 heteroatoms. The summed E-state index contributed by atoms with van der Waals surface area (Å²) in [6.07, 6.45) is 0. The SMILES string of the molecule is Cc1ccc(N2C(=O)[C@H]3N=NN(Cc4nc(-c5ccccc5Br)no4)[C@@H]3C2=O)cc1C. The van der Waals surface area contributed by atoms with E-state index in [1.54, 1.807) is 6.07 Å². The first-order valence-electron chi connectivity index (χ1n) is 9.64. The summed E-state index contributed by atoms with van der Waals surface area (Å²) in [6.45, 7) is 3.99. The molecule has 3 aromatic rings. The van der Waals surface area contributed by atoms with Gasteiger partial charge in [-0.2, -0.15) is 10.1 Å². The van der Waals surface area contributed by atoms with Crippen molar-refractivity contribution in [2.75, 3.05) is 4.90 Å². The number of nitrogens with zero attached hydrogens (tertiary/aromatic N) is 6. The third-order valence-electron chi connectivity index (χ3n) is 5.49. The van der Waals surface area contributed by atoms with Gasteiger partial charge in [0.15, 0.2) is 12.1 Å². The Kier molecular flexibility index (Phi) is 4.66. The number of rotatable bonds is 4. The summed E-state index contributed by atoms with van der Waals surface area (Å²) >= 11 is 3.47. The molecule has 9 nitrogen and oxygen atoms in total. The van der Waals surface area contributed by atoms with Crippen molar-refractivity contribution in [2.24, 2.45) is 10.3 Å². The number of hydrogen-bond donors (Lipinski definition) is 0. The zero-order valence-corrected chi connectivity index (χ0v) is 18.3. The van der Waals surface area contributed by atoms with E-state index in [2.05, 4.69) is 36.4 Å². The van der Waals surface area contributed by atoms with Gasteiger partial charge in [0.25, 0.3) is 11.8 Å². The van der Waals surface area contributed by atoms with Crippen molar-refractivity contribution in [3.63, 3.8) is 0 Å². The number of carbonyl (C=O) groups is 2. The Labute approximate surface area is 185 Å². The van der Waals surface area contributed by atoms with Gasteiger partial charge in [0.2, 0.25) is 11.7 Å². The second kappa shape index (κ2) is 7.38. The molecule has 2 amide bonds. The van der Waals surface area contributed by atoms with Crippen LogP contribution < -0.4 is 4.90 Å². The van der Waals surface area contributed by atoms with E-state index in [9.17, 15) is 9.59 Å². The highest BCUT2D eigenvalue weighted by Crippen LogP contribution is 2.33. The smallest absolute Gasteiger partial charge is 0.263 e. The molecule has 1 saturated heterocycles. The summed E-state index contributed by atoms with van der Waals surface area (Å²) in [5.41, 5.74) is 3.41. The Morgan fingerprint density at radius 2 is 1.87 bits per heavy atom. The number of carbonyl (C=O) groups excluding carboxylic acids is 2. The normalized spacial score (nSPS) is 20.1. The van der Waals surface area contributed by atoms with Crippen LogP contribution in [0.4, 0.5) is 5.69 Å². The third-order valence-corrected chi connectivity index (χ3v) is 6.18. The lowest BCUT2D eigenvalue weighted by Crippen LogP contribution is -2.39. The van der Waals surface area contributed by atoms with E-state index in [1.807, 2.05) is 50.2 Å². The number of imide groups is 1. The second-order valence-electron chi connectivity index (χ2n) is 7.46. The van der Waals surface area contributed by atoms with E-state index in [4.69, 9.17) is 4.52 Å². The molecule has 156 valence electrons. The van der Waals surface area contributed by atoms with Gasteiger partial charge in [-0.05, 0) is 49.2 Å². The van der Waals surface area contributed by atoms with Gasteiger partial charge in [0, 0.05) is 10.0 Å². The number of fused-ring (bicyclic) bond motifs is 1. The minimum absolute atomic E-state index is 0.0713. The maximum absolute atomic E-state index is 13.1. The highest BCUT2D eigenvalue weighted by molar-refractivity contribution is 9.10. The highest BCUT2D eigenvalue weighted by atomic mass is 79.9. The van der Waals surface area contributed by atoms with Crippen LogP contribution in [-0.4, -0.2) is 39.0 Å². The van der Waals surface area contributed by atoms with Crippen molar-refractivity contribution >= 4 is 33.4 Å². The molecule has 0 aliphatic carbocycles. The van der Waals surface area contributed by atoms with Crippen LogP contribution in [0.25, 0.3) is 11.4 Å². The van der Waals surface area contributed by atoms with Crippen molar-refractivity contribution in [1.82, 2.24) is 15.1 Å². The zero-order chi connectivity index (χ0) is 21.7. The summed E-state index contributed by atoms with van der Waals surface area (Å²) in [4.78, 5) is 31.6. The fraction of sp³-hybridized carbons (Fsp3) is 0.238. The third kappa shape index (κ3) is 3.23. The van der Waals surface area contributed by atoms with Crippen molar-refractivity contribution < 1.29 is 14.1 Å². The fourth-order valence-electron chi connectivity index (χ4n) is 3.68. The molecule has 3 heterocycles. The molecule has 0 unspecified atom stereocenters. The lowest BCUT2D eigenvalue weighted by Gasteiger charge is -2.19. The molecule has 1 fully saturated rings. The van der Waals surface area contributed by atoms with Crippen LogP contribution in [0.5, 0.6) is 0 Å². The molecule has 0 saturated carbocycles. The van der Waals surface area contributed by atoms with E-state index < -0.39 is 12.1 Å². The largest absolute Gasteiger partial charge is 0.337 e. The monoisotopic (exact) mass is 480 g/mol. The van der Waals surface area contributed by atoms with Crippen molar-refractivity contribution in [2.45, 2.75) is 32.5 Å². The molecule has 5 rings (SSSR count). The highest BCUT2D eigenvalue weighted by Gasteiger charge is 2.55. The van der Waals surface area contributed by atoms with Crippen molar-refractivity contribution in [3.8, 4) is 11.4 Å². The number of amides is 2. The number of halogens is 1. The Morgan fingerprint density at radius 1 is 1.06 bits per heavy atom. The number of benzene rings is 2. The Hall–Kier alpha value is -3.40. The van der Waals surface area contributed by atoms with Crippen LogP contribution in [-0.2, 0) is 16.1 Å². The molecule has 0 bridgehead atoms. The summed E-state index contributed by atoms with van der Waals surface area (Å²) in [6, 6.07) is 11.3. The van der Waals surface area contributed by atoms with Crippen LogP contribution in [0.2, 0.25) is 0 Å². The van der Waals surface area contributed by atoms with Gasteiger partial charge in [0.1, 0.15) is 6.54 Å². The van der Waals surface area contributed by atoms with E-state index >= 15 is 0 Å². The lowest BCUT2D eigenvalue weighted by atomic mass is 10.1. The number of hydrogen-bond acceptors (Lipinski definition) is 8.